The van der Waals surface area contributed by atoms with Crippen LogP contribution >= 0.6 is 0 Å². The highest BCUT2D eigenvalue weighted by atomic mass is 16.3. The molecule has 0 bridgehead atoms. The molecule has 2 nitrogen and oxygen atoms in total. The number of rotatable bonds is 4. The van der Waals surface area contributed by atoms with Crippen LogP contribution in [0.25, 0.3) is 0 Å². The van der Waals surface area contributed by atoms with Gasteiger partial charge in [0, 0.05) is 0 Å². The second-order valence-corrected chi connectivity index (χ2v) is 4.13. The van der Waals surface area contributed by atoms with Crippen LogP contribution in [0.5, 0.6) is 0 Å². The summed E-state index contributed by atoms with van der Waals surface area (Å²) in [5.41, 5.74) is 0. The van der Waals surface area contributed by atoms with Gasteiger partial charge in [-0.3, -0.25) is 0 Å². The van der Waals surface area contributed by atoms with Crippen molar-refractivity contribution in [2.24, 2.45) is 17.0 Å². The van der Waals surface area contributed by atoms with Gasteiger partial charge in [0.25, 0.3) is 0 Å². The lowest BCUT2D eigenvalue weighted by molar-refractivity contribution is 0.267. The van der Waals surface area contributed by atoms with Crippen LogP contribution in [0.15, 0.2) is 5.18 Å². The van der Waals surface area contributed by atoms with Crippen LogP contribution in [-0.2, 0) is 0 Å². The number of hydrogen-bond donors (Lipinski definition) is 0. The zero-order chi connectivity index (χ0) is 8.81. The third-order valence-corrected chi connectivity index (χ3v) is 2.91. The molecule has 0 aromatic heterocycles. The van der Waals surface area contributed by atoms with Crippen molar-refractivity contribution in [3.05, 3.63) is 4.91 Å². The van der Waals surface area contributed by atoms with Gasteiger partial charge in [-0.2, -0.15) is 4.91 Å². The molecule has 12 heavy (non-hydrogen) atoms. The predicted molar refractivity (Wildman–Crippen MR) is 51.0 cm³/mol. The molecule has 2 unspecified atom stereocenters. The van der Waals surface area contributed by atoms with Gasteiger partial charge in [0.2, 0.25) is 0 Å². The van der Waals surface area contributed by atoms with Gasteiger partial charge in [0.1, 0.15) is 0 Å². The van der Waals surface area contributed by atoms with E-state index < -0.39 is 0 Å². The van der Waals surface area contributed by atoms with Gasteiger partial charge in [-0.25, -0.2) is 0 Å². The largest absolute Gasteiger partial charge is 0.151 e. The minimum absolute atomic E-state index is 0.519. The Balaban J connectivity index is 2.09. The van der Waals surface area contributed by atoms with Crippen LogP contribution in [0.2, 0.25) is 0 Å². The quantitative estimate of drug-likeness (QED) is 0.468. The molecule has 1 fully saturated rings. The molecule has 0 N–H and O–H groups in total. The first-order chi connectivity index (χ1) is 5.83. The van der Waals surface area contributed by atoms with Crippen LogP contribution < -0.4 is 0 Å². The molecule has 0 aromatic carbocycles. The molecule has 0 saturated heterocycles. The Morgan fingerprint density at radius 2 is 2.25 bits per heavy atom. The highest BCUT2D eigenvalue weighted by Crippen LogP contribution is 2.31. The van der Waals surface area contributed by atoms with E-state index in [0.717, 1.165) is 18.3 Å². The van der Waals surface area contributed by atoms with Crippen molar-refractivity contribution in [1.29, 1.82) is 0 Å². The zero-order valence-corrected chi connectivity index (χ0v) is 7.96. The highest BCUT2D eigenvalue weighted by Gasteiger charge is 2.17. The summed E-state index contributed by atoms with van der Waals surface area (Å²) in [6.07, 6.45) is 7.77. The molecule has 0 amide bonds. The summed E-state index contributed by atoms with van der Waals surface area (Å²) in [6, 6.07) is 0. The van der Waals surface area contributed by atoms with Crippen LogP contribution in [-0.4, -0.2) is 6.54 Å². The Hall–Kier alpha value is -0.400. The lowest BCUT2D eigenvalue weighted by atomic mass is 9.80. The number of nitrogens with zero attached hydrogens (tertiary/aromatic N) is 1. The minimum Gasteiger partial charge on any atom is -0.151 e. The first-order valence-corrected chi connectivity index (χ1v) is 5.12. The molecule has 1 saturated carbocycles. The maximum atomic E-state index is 9.86. The summed E-state index contributed by atoms with van der Waals surface area (Å²) >= 11 is 0. The van der Waals surface area contributed by atoms with E-state index in [0.29, 0.717) is 6.54 Å². The lowest BCUT2D eigenvalue weighted by Crippen LogP contribution is -2.13. The van der Waals surface area contributed by atoms with E-state index in [9.17, 15) is 4.91 Å². The van der Waals surface area contributed by atoms with Crippen molar-refractivity contribution in [2.45, 2.75) is 45.4 Å². The molecule has 70 valence electrons. The molecule has 0 aromatic rings. The predicted octanol–water partition coefficient (Wildman–Crippen LogP) is 3.36. The standard InChI is InChI=1S/C10H19NO/c1-9-4-2-5-10(8-9)6-3-7-11-12/h9-10H,2-8H2,1H3. The van der Waals surface area contributed by atoms with E-state index in [1.165, 1.54) is 32.1 Å². The van der Waals surface area contributed by atoms with Crippen molar-refractivity contribution in [1.82, 2.24) is 0 Å². The summed E-state index contributed by atoms with van der Waals surface area (Å²) < 4.78 is 0. The van der Waals surface area contributed by atoms with Gasteiger partial charge < -0.3 is 0 Å². The Morgan fingerprint density at radius 1 is 1.42 bits per heavy atom. The molecule has 0 spiro atoms. The van der Waals surface area contributed by atoms with Crippen LogP contribution in [0.4, 0.5) is 0 Å². The second-order valence-electron chi connectivity index (χ2n) is 4.13. The third-order valence-electron chi connectivity index (χ3n) is 2.91. The molecule has 2 atom stereocenters. The van der Waals surface area contributed by atoms with Gasteiger partial charge in [-0.1, -0.05) is 31.4 Å². The van der Waals surface area contributed by atoms with E-state index in [1.807, 2.05) is 0 Å². The lowest BCUT2D eigenvalue weighted by Gasteiger charge is -2.26. The van der Waals surface area contributed by atoms with Gasteiger partial charge in [-0.05, 0) is 31.1 Å². The fourth-order valence-corrected chi connectivity index (χ4v) is 2.27. The van der Waals surface area contributed by atoms with Gasteiger partial charge in [0.05, 0.1) is 6.54 Å². The SMILES string of the molecule is CC1CCCC(CCCN=O)C1. The second kappa shape index (κ2) is 5.28. The normalized spacial score (nSPS) is 30.1. The van der Waals surface area contributed by atoms with Crippen LogP contribution in [0.3, 0.4) is 0 Å². The van der Waals surface area contributed by atoms with E-state index in [-0.39, 0.29) is 0 Å². The topological polar surface area (TPSA) is 29.4 Å². The first kappa shape index (κ1) is 9.69. The Bertz CT molecular complexity index is 136. The number of nitroso groups, excluding NO2 is 1. The summed E-state index contributed by atoms with van der Waals surface area (Å²) in [4.78, 5) is 9.86. The fourth-order valence-electron chi connectivity index (χ4n) is 2.27. The van der Waals surface area contributed by atoms with E-state index >= 15 is 0 Å². The fraction of sp³-hybridized carbons (Fsp3) is 1.00. The van der Waals surface area contributed by atoms with Crippen molar-refractivity contribution < 1.29 is 0 Å². The van der Waals surface area contributed by atoms with E-state index in [2.05, 4.69) is 12.1 Å². The summed E-state index contributed by atoms with van der Waals surface area (Å²) in [7, 11) is 0. The Kier molecular flexibility index (Phi) is 4.26. The van der Waals surface area contributed by atoms with Crippen molar-refractivity contribution in [3.63, 3.8) is 0 Å². The van der Waals surface area contributed by atoms with Gasteiger partial charge >= 0.3 is 0 Å². The summed E-state index contributed by atoms with van der Waals surface area (Å²) in [6.45, 7) is 2.86. The average molecular weight is 169 g/mol. The first-order valence-electron chi connectivity index (χ1n) is 5.12. The maximum Gasteiger partial charge on any atom is 0.0811 e. The highest BCUT2D eigenvalue weighted by molar-refractivity contribution is 4.70. The molecular weight excluding hydrogens is 150 g/mol. The van der Waals surface area contributed by atoms with E-state index in [4.69, 9.17) is 0 Å². The third kappa shape index (κ3) is 3.33. The Labute approximate surface area is 74.7 Å². The van der Waals surface area contributed by atoms with Crippen molar-refractivity contribution >= 4 is 0 Å². The Morgan fingerprint density at radius 3 is 2.92 bits per heavy atom. The molecule has 0 radical (unpaired) electrons. The molecule has 1 aliphatic carbocycles. The molecule has 2 heteroatoms. The molecule has 1 aliphatic rings. The molecule has 0 aliphatic heterocycles. The van der Waals surface area contributed by atoms with Crippen LogP contribution in [0.1, 0.15) is 45.4 Å². The number of hydrogen-bond acceptors (Lipinski definition) is 2. The summed E-state index contributed by atoms with van der Waals surface area (Å²) in [5, 5.41) is 2.89. The monoisotopic (exact) mass is 169 g/mol. The van der Waals surface area contributed by atoms with Crippen molar-refractivity contribution in [3.8, 4) is 0 Å². The average Bonchev–Trinajstić information content (AvgIpc) is 2.05. The van der Waals surface area contributed by atoms with Gasteiger partial charge in [-0.15, -0.1) is 0 Å². The summed E-state index contributed by atoms with van der Waals surface area (Å²) in [5.74, 6) is 1.79. The zero-order valence-electron chi connectivity index (χ0n) is 7.96. The molecular formula is C10H19NO. The molecule has 0 heterocycles. The minimum atomic E-state index is 0.519. The maximum absolute atomic E-state index is 9.86. The van der Waals surface area contributed by atoms with Crippen LogP contribution in [0, 0.1) is 16.7 Å². The van der Waals surface area contributed by atoms with Gasteiger partial charge in [0.15, 0.2) is 0 Å². The smallest absolute Gasteiger partial charge is 0.0811 e. The molecule has 1 rings (SSSR count). The van der Waals surface area contributed by atoms with E-state index in [1.54, 1.807) is 0 Å². The van der Waals surface area contributed by atoms with Crippen molar-refractivity contribution in [2.75, 3.05) is 6.54 Å².